The Morgan fingerprint density at radius 2 is 1.74 bits per heavy atom. The second-order valence-electron chi connectivity index (χ2n) is 7.29. The number of halogens is 6. The molecule has 35 heavy (non-hydrogen) atoms. The summed E-state index contributed by atoms with van der Waals surface area (Å²) in [5.74, 6) is -0.365. The number of amides is 1. The lowest BCUT2D eigenvalue weighted by atomic mass is 10.1. The first-order chi connectivity index (χ1) is 16.6. The smallest absolute Gasteiger partial charge is 0.325 e. The zero-order valence-electron chi connectivity index (χ0n) is 17.6. The van der Waals surface area contributed by atoms with Gasteiger partial charge in [0.1, 0.15) is 0 Å². The standard InChI is InChI=1S/C24H15Cl3F3N3OS/c25-16-4-2-5-17(11-16)32-22(34)13-35-23-31-12-21(14-7-8-19(26)20(27)9-14)33(23)18-6-1-3-15(10-18)24(28,29)30/h1-12H,13H2,(H,32,34). The number of nitrogens with one attached hydrogen (secondary N) is 1. The van der Waals surface area contributed by atoms with E-state index in [2.05, 4.69) is 10.3 Å². The molecule has 180 valence electrons. The number of carbonyl (C=O) groups excluding carboxylic acids is 1. The highest BCUT2D eigenvalue weighted by molar-refractivity contribution is 7.99. The Morgan fingerprint density at radius 3 is 2.46 bits per heavy atom. The molecule has 4 nitrogen and oxygen atoms in total. The van der Waals surface area contributed by atoms with Gasteiger partial charge in [-0.05, 0) is 48.5 Å². The minimum atomic E-state index is -4.52. The Labute approximate surface area is 218 Å². The molecule has 0 unspecified atom stereocenters. The van der Waals surface area contributed by atoms with Crippen molar-refractivity contribution in [2.75, 3.05) is 11.1 Å². The van der Waals surface area contributed by atoms with Gasteiger partial charge in [0.25, 0.3) is 0 Å². The maximum atomic E-state index is 13.4. The third kappa shape index (κ3) is 6.13. The number of anilines is 1. The van der Waals surface area contributed by atoms with Crippen LogP contribution in [0, 0.1) is 0 Å². The molecule has 0 saturated carbocycles. The quantitative estimate of drug-likeness (QED) is 0.243. The Morgan fingerprint density at radius 1 is 0.971 bits per heavy atom. The Bertz CT molecular complexity index is 1390. The average Bonchev–Trinajstić information content (AvgIpc) is 3.23. The van der Waals surface area contributed by atoms with Crippen LogP contribution >= 0.6 is 46.6 Å². The fourth-order valence-corrected chi connectivity index (χ4v) is 4.54. The molecule has 1 amide bonds. The van der Waals surface area contributed by atoms with Crippen molar-refractivity contribution in [1.82, 2.24) is 9.55 Å². The fraction of sp³-hybridized carbons (Fsp3) is 0.0833. The first kappa shape index (κ1) is 25.4. The summed E-state index contributed by atoms with van der Waals surface area (Å²) < 4.78 is 41.7. The van der Waals surface area contributed by atoms with Crippen LogP contribution in [-0.2, 0) is 11.0 Å². The van der Waals surface area contributed by atoms with Gasteiger partial charge in [-0.1, -0.05) is 64.8 Å². The van der Waals surface area contributed by atoms with Crippen molar-refractivity contribution in [3.63, 3.8) is 0 Å². The number of alkyl halides is 3. The first-order valence-electron chi connectivity index (χ1n) is 10.0. The summed E-state index contributed by atoms with van der Waals surface area (Å²) in [5, 5.41) is 4.16. The van der Waals surface area contributed by atoms with Crippen LogP contribution in [0.15, 0.2) is 78.1 Å². The summed E-state index contributed by atoms with van der Waals surface area (Å²) in [5.41, 5.74) is 1.04. The topological polar surface area (TPSA) is 46.9 Å². The molecule has 4 aromatic rings. The first-order valence-corrected chi connectivity index (χ1v) is 12.1. The van der Waals surface area contributed by atoms with Crippen LogP contribution in [0.3, 0.4) is 0 Å². The Hall–Kier alpha value is -2.65. The van der Waals surface area contributed by atoms with Crippen molar-refractivity contribution in [1.29, 1.82) is 0 Å². The molecule has 0 saturated heterocycles. The van der Waals surface area contributed by atoms with E-state index in [0.29, 0.717) is 32.1 Å². The maximum Gasteiger partial charge on any atom is 0.416 e. The second kappa shape index (κ2) is 10.5. The molecular formula is C24H15Cl3F3N3OS. The average molecular weight is 557 g/mol. The number of benzene rings is 3. The van der Waals surface area contributed by atoms with E-state index in [-0.39, 0.29) is 22.4 Å². The van der Waals surface area contributed by atoms with Crippen molar-refractivity contribution in [2.45, 2.75) is 11.3 Å². The summed E-state index contributed by atoms with van der Waals surface area (Å²) in [4.78, 5) is 16.9. The normalized spacial score (nSPS) is 11.5. The molecule has 0 atom stereocenters. The van der Waals surface area contributed by atoms with Gasteiger partial charge in [-0.15, -0.1) is 0 Å². The maximum absolute atomic E-state index is 13.4. The van der Waals surface area contributed by atoms with E-state index in [1.807, 2.05) is 0 Å². The predicted molar refractivity (Wildman–Crippen MR) is 135 cm³/mol. The molecule has 0 bridgehead atoms. The number of aromatic nitrogens is 2. The molecular weight excluding hydrogens is 542 g/mol. The lowest BCUT2D eigenvalue weighted by molar-refractivity contribution is -0.137. The number of thioether (sulfide) groups is 1. The molecule has 1 heterocycles. The molecule has 3 aromatic carbocycles. The van der Waals surface area contributed by atoms with E-state index in [1.54, 1.807) is 47.0 Å². The van der Waals surface area contributed by atoms with E-state index >= 15 is 0 Å². The lowest BCUT2D eigenvalue weighted by Crippen LogP contribution is -2.14. The highest BCUT2D eigenvalue weighted by Gasteiger charge is 2.31. The van der Waals surface area contributed by atoms with Crippen LogP contribution in [0.4, 0.5) is 18.9 Å². The number of imidazole rings is 1. The predicted octanol–water partition coefficient (Wildman–Crippen LogP) is 8.25. The SMILES string of the molecule is O=C(CSc1ncc(-c2ccc(Cl)c(Cl)c2)n1-c1cccc(C(F)(F)F)c1)Nc1cccc(Cl)c1. The highest BCUT2D eigenvalue weighted by Crippen LogP contribution is 2.35. The van der Waals surface area contributed by atoms with E-state index < -0.39 is 11.7 Å². The summed E-state index contributed by atoms with van der Waals surface area (Å²) in [6, 6.07) is 16.4. The van der Waals surface area contributed by atoms with Gasteiger partial charge in [0.2, 0.25) is 5.91 Å². The Kier molecular flexibility index (Phi) is 7.66. The zero-order chi connectivity index (χ0) is 25.2. The fourth-order valence-electron chi connectivity index (χ4n) is 3.26. The zero-order valence-corrected chi connectivity index (χ0v) is 20.7. The van der Waals surface area contributed by atoms with Crippen molar-refractivity contribution < 1.29 is 18.0 Å². The number of rotatable bonds is 6. The number of hydrogen-bond donors (Lipinski definition) is 1. The molecule has 0 aliphatic rings. The lowest BCUT2D eigenvalue weighted by Gasteiger charge is -2.15. The van der Waals surface area contributed by atoms with Gasteiger partial charge >= 0.3 is 6.18 Å². The van der Waals surface area contributed by atoms with Gasteiger partial charge < -0.3 is 5.32 Å². The van der Waals surface area contributed by atoms with Crippen molar-refractivity contribution in [2.24, 2.45) is 0 Å². The van der Waals surface area contributed by atoms with Crippen LogP contribution < -0.4 is 5.32 Å². The summed E-state index contributed by atoms with van der Waals surface area (Å²) in [7, 11) is 0. The van der Waals surface area contributed by atoms with E-state index in [0.717, 1.165) is 23.9 Å². The van der Waals surface area contributed by atoms with Crippen LogP contribution in [0.5, 0.6) is 0 Å². The molecule has 11 heteroatoms. The molecule has 0 radical (unpaired) electrons. The van der Waals surface area contributed by atoms with Crippen LogP contribution in [-0.4, -0.2) is 21.2 Å². The molecule has 1 aromatic heterocycles. The third-order valence-corrected chi connectivity index (χ3v) is 6.74. The van der Waals surface area contributed by atoms with Crippen LogP contribution in [0.2, 0.25) is 15.1 Å². The molecule has 4 rings (SSSR count). The van der Waals surface area contributed by atoms with Crippen molar-refractivity contribution >= 4 is 58.2 Å². The largest absolute Gasteiger partial charge is 0.416 e. The third-order valence-electron chi connectivity index (χ3n) is 4.82. The van der Waals surface area contributed by atoms with E-state index in [1.165, 1.54) is 18.3 Å². The van der Waals surface area contributed by atoms with Gasteiger partial charge in [-0.2, -0.15) is 13.2 Å². The van der Waals surface area contributed by atoms with Gasteiger partial charge in [0, 0.05) is 22.0 Å². The molecule has 1 N–H and O–H groups in total. The highest BCUT2D eigenvalue weighted by atomic mass is 35.5. The van der Waals surface area contributed by atoms with Crippen molar-refractivity contribution in [3.05, 3.63) is 93.6 Å². The number of nitrogens with zero attached hydrogens (tertiary/aromatic N) is 2. The minimum Gasteiger partial charge on any atom is -0.325 e. The van der Waals surface area contributed by atoms with E-state index in [4.69, 9.17) is 34.8 Å². The molecule has 0 fully saturated rings. The van der Waals surface area contributed by atoms with Crippen molar-refractivity contribution in [3.8, 4) is 16.9 Å². The number of carbonyl (C=O) groups is 1. The Balaban J connectivity index is 1.69. The van der Waals surface area contributed by atoms with Gasteiger partial charge in [0.05, 0.1) is 33.3 Å². The van der Waals surface area contributed by atoms with Gasteiger partial charge in [0.15, 0.2) is 5.16 Å². The molecule has 0 spiro atoms. The molecule has 0 aliphatic heterocycles. The number of hydrogen-bond acceptors (Lipinski definition) is 3. The summed E-state index contributed by atoms with van der Waals surface area (Å²) in [6.45, 7) is 0. The summed E-state index contributed by atoms with van der Waals surface area (Å²) in [6.07, 6.45) is -3.01. The second-order valence-corrected chi connectivity index (χ2v) is 9.48. The molecule has 0 aliphatic carbocycles. The van der Waals surface area contributed by atoms with Gasteiger partial charge in [-0.3, -0.25) is 9.36 Å². The van der Waals surface area contributed by atoms with E-state index in [9.17, 15) is 18.0 Å². The van der Waals surface area contributed by atoms with Crippen LogP contribution in [0.1, 0.15) is 5.56 Å². The summed E-state index contributed by atoms with van der Waals surface area (Å²) >= 11 is 19.2. The van der Waals surface area contributed by atoms with Gasteiger partial charge in [-0.25, -0.2) is 4.98 Å². The van der Waals surface area contributed by atoms with Crippen LogP contribution in [0.25, 0.3) is 16.9 Å². The monoisotopic (exact) mass is 555 g/mol. The minimum absolute atomic E-state index is 0.0384.